The van der Waals surface area contributed by atoms with Gasteiger partial charge in [0.25, 0.3) is 0 Å². The zero-order valence-corrected chi connectivity index (χ0v) is 16.1. The summed E-state index contributed by atoms with van der Waals surface area (Å²) in [5, 5.41) is 3.09. The monoisotopic (exact) mass is 391 g/mol. The molecule has 1 amide bonds. The number of nitrogens with one attached hydrogen (secondary N) is 1. The van der Waals surface area contributed by atoms with E-state index in [2.05, 4.69) is 47.2 Å². The molecule has 0 radical (unpaired) electrons. The molecule has 0 bridgehead atoms. The average Bonchev–Trinajstić information content (AvgIpc) is 2.51. The van der Waals surface area contributed by atoms with Crippen molar-refractivity contribution in [1.29, 1.82) is 0 Å². The van der Waals surface area contributed by atoms with Crippen LogP contribution in [0, 0.1) is 6.92 Å². The molecule has 0 aromatic heterocycles. The molecule has 2 nitrogen and oxygen atoms in total. The van der Waals surface area contributed by atoms with Gasteiger partial charge in [-0.1, -0.05) is 66.2 Å². The third-order valence-electron chi connectivity index (χ3n) is 3.64. The molecule has 122 valence electrons. The minimum absolute atomic E-state index is 0.0539. The maximum absolute atomic E-state index is 12.3. The fourth-order valence-electron chi connectivity index (χ4n) is 2.39. The van der Waals surface area contributed by atoms with Crippen molar-refractivity contribution in [3.8, 4) is 0 Å². The molecule has 0 unspecified atom stereocenters. The maximum Gasteiger partial charge on any atom is 0.234 e. The van der Waals surface area contributed by atoms with Gasteiger partial charge in [-0.2, -0.15) is 0 Å². The Morgan fingerprint density at radius 3 is 2.61 bits per heavy atom. The Balaban J connectivity index is 1.94. The van der Waals surface area contributed by atoms with Crippen LogP contribution in [0.5, 0.6) is 0 Å². The molecule has 0 heterocycles. The van der Waals surface area contributed by atoms with Crippen LogP contribution < -0.4 is 5.32 Å². The zero-order chi connectivity index (χ0) is 16.8. The molecule has 0 spiro atoms. The van der Waals surface area contributed by atoms with Crippen LogP contribution >= 0.6 is 27.7 Å². The smallest absolute Gasteiger partial charge is 0.234 e. The van der Waals surface area contributed by atoms with Crippen molar-refractivity contribution in [2.45, 2.75) is 32.4 Å². The molecule has 0 aliphatic heterocycles. The molecule has 0 atom stereocenters. The number of carbonyl (C=O) groups is 1. The Kier molecular flexibility index (Phi) is 6.72. The van der Waals surface area contributed by atoms with Gasteiger partial charge >= 0.3 is 0 Å². The number of halogens is 1. The standard InChI is InChI=1S/C19H22BrNOS/c1-13(2)16-9-6-7-14(3)19(16)21-18(22)12-23-11-15-8-4-5-10-17(15)20/h4-10,13H,11-12H2,1-3H3,(H,21,22). The van der Waals surface area contributed by atoms with E-state index in [-0.39, 0.29) is 5.91 Å². The molecule has 1 N–H and O–H groups in total. The van der Waals surface area contributed by atoms with Crippen molar-refractivity contribution >= 4 is 39.3 Å². The Hall–Kier alpha value is -1.26. The van der Waals surface area contributed by atoms with E-state index in [0.29, 0.717) is 11.7 Å². The largest absolute Gasteiger partial charge is 0.325 e. The van der Waals surface area contributed by atoms with Crippen molar-refractivity contribution < 1.29 is 4.79 Å². The highest BCUT2D eigenvalue weighted by atomic mass is 79.9. The van der Waals surface area contributed by atoms with Gasteiger partial charge in [-0.3, -0.25) is 4.79 Å². The van der Waals surface area contributed by atoms with Crippen LogP contribution in [0.4, 0.5) is 5.69 Å². The third kappa shape index (κ3) is 5.11. The lowest BCUT2D eigenvalue weighted by Crippen LogP contribution is -2.16. The van der Waals surface area contributed by atoms with E-state index < -0.39 is 0 Å². The molecule has 2 aromatic rings. The van der Waals surface area contributed by atoms with Gasteiger partial charge in [-0.25, -0.2) is 0 Å². The second-order valence-corrected chi connectivity index (χ2v) is 7.67. The lowest BCUT2D eigenvalue weighted by atomic mass is 9.98. The second-order valence-electron chi connectivity index (χ2n) is 5.83. The molecule has 0 saturated carbocycles. The Bertz CT molecular complexity index is 685. The summed E-state index contributed by atoms with van der Waals surface area (Å²) >= 11 is 5.16. The normalized spacial score (nSPS) is 10.8. The Labute approximate surface area is 151 Å². The molecule has 0 aliphatic rings. The van der Waals surface area contributed by atoms with E-state index in [1.807, 2.05) is 37.3 Å². The predicted octanol–water partition coefficient (Wildman–Crippen LogP) is 5.75. The highest BCUT2D eigenvalue weighted by Crippen LogP contribution is 2.28. The van der Waals surface area contributed by atoms with E-state index in [0.717, 1.165) is 21.5 Å². The topological polar surface area (TPSA) is 29.1 Å². The highest BCUT2D eigenvalue weighted by molar-refractivity contribution is 9.10. The molecule has 0 saturated heterocycles. The molecule has 0 fully saturated rings. The van der Waals surface area contributed by atoms with Crippen molar-refractivity contribution in [2.24, 2.45) is 0 Å². The van der Waals surface area contributed by atoms with E-state index in [1.54, 1.807) is 11.8 Å². The van der Waals surface area contributed by atoms with Crippen LogP contribution in [0.3, 0.4) is 0 Å². The highest BCUT2D eigenvalue weighted by Gasteiger charge is 2.12. The molecule has 23 heavy (non-hydrogen) atoms. The van der Waals surface area contributed by atoms with Crippen molar-refractivity contribution in [2.75, 3.05) is 11.1 Å². The Morgan fingerprint density at radius 1 is 1.17 bits per heavy atom. The van der Waals surface area contributed by atoms with Gasteiger partial charge < -0.3 is 5.32 Å². The van der Waals surface area contributed by atoms with Crippen molar-refractivity contribution in [3.63, 3.8) is 0 Å². The van der Waals surface area contributed by atoms with Gasteiger partial charge in [-0.15, -0.1) is 11.8 Å². The molecular weight excluding hydrogens is 370 g/mol. The quantitative estimate of drug-likeness (QED) is 0.678. The van der Waals surface area contributed by atoms with Gasteiger partial charge in [0.05, 0.1) is 5.75 Å². The fraction of sp³-hybridized carbons (Fsp3) is 0.316. The van der Waals surface area contributed by atoms with Crippen LogP contribution in [0.25, 0.3) is 0 Å². The number of rotatable bonds is 6. The minimum Gasteiger partial charge on any atom is -0.325 e. The lowest BCUT2D eigenvalue weighted by molar-refractivity contribution is -0.113. The molecule has 2 aromatic carbocycles. The number of aryl methyl sites for hydroxylation is 1. The number of thioether (sulfide) groups is 1. The summed E-state index contributed by atoms with van der Waals surface area (Å²) in [6, 6.07) is 14.3. The first kappa shape index (κ1) is 18.1. The van der Waals surface area contributed by atoms with Crippen LogP contribution in [-0.4, -0.2) is 11.7 Å². The van der Waals surface area contributed by atoms with Gasteiger partial charge in [0.15, 0.2) is 0 Å². The van der Waals surface area contributed by atoms with Crippen LogP contribution in [0.2, 0.25) is 0 Å². The zero-order valence-electron chi connectivity index (χ0n) is 13.7. The van der Waals surface area contributed by atoms with Crippen molar-refractivity contribution in [1.82, 2.24) is 0 Å². The van der Waals surface area contributed by atoms with Gasteiger partial charge in [-0.05, 0) is 35.6 Å². The van der Waals surface area contributed by atoms with E-state index in [4.69, 9.17) is 0 Å². The number of amides is 1. The van der Waals surface area contributed by atoms with Gasteiger partial charge in [0.2, 0.25) is 5.91 Å². The number of hydrogen-bond donors (Lipinski definition) is 1. The number of para-hydroxylation sites is 1. The Morgan fingerprint density at radius 2 is 1.91 bits per heavy atom. The predicted molar refractivity (Wildman–Crippen MR) is 104 cm³/mol. The van der Waals surface area contributed by atoms with Gasteiger partial charge in [0.1, 0.15) is 0 Å². The first-order chi connectivity index (χ1) is 11.0. The minimum atomic E-state index is 0.0539. The summed E-state index contributed by atoms with van der Waals surface area (Å²) in [4.78, 5) is 12.3. The molecule has 2 rings (SSSR count). The first-order valence-corrected chi connectivity index (χ1v) is 9.64. The second kappa shape index (κ2) is 8.55. The van der Waals surface area contributed by atoms with Crippen molar-refractivity contribution in [3.05, 3.63) is 63.6 Å². The lowest BCUT2D eigenvalue weighted by Gasteiger charge is -2.16. The number of hydrogen-bond acceptors (Lipinski definition) is 2. The third-order valence-corrected chi connectivity index (χ3v) is 5.40. The summed E-state index contributed by atoms with van der Waals surface area (Å²) in [5.41, 5.74) is 4.48. The SMILES string of the molecule is Cc1cccc(C(C)C)c1NC(=O)CSCc1ccccc1Br. The maximum atomic E-state index is 12.3. The summed E-state index contributed by atoms with van der Waals surface area (Å²) in [6.07, 6.45) is 0. The first-order valence-electron chi connectivity index (χ1n) is 7.69. The van der Waals surface area contributed by atoms with E-state index in [1.165, 1.54) is 11.1 Å². The van der Waals surface area contributed by atoms with Crippen LogP contribution in [0.15, 0.2) is 46.9 Å². The van der Waals surface area contributed by atoms with E-state index in [9.17, 15) is 4.79 Å². The summed E-state index contributed by atoms with van der Waals surface area (Å²) < 4.78 is 1.09. The van der Waals surface area contributed by atoms with E-state index >= 15 is 0 Å². The fourth-order valence-corrected chi connectivity index (χ4v) is 3.83. The number of benzene rings is 2. The summed E-state index contributed by atoms with van der Waals surface area (Å²) in [5.74, 6) is 1.71. The van der Waals surface area contributed by atoms with Crippen LogP contribution in [-0.2, 0) is 10.5 Å². The molecule has 4 heteroatoms. The number of carbonyl (C=O) groups excluding carboxylic acids is 1. The average molecular weight is 392 g/mol. The van der Waals surface area contributed by atoms with Crippen LogP contribution in [0.1, 0.15) is 36.5 Å². The summed E-state index contributed by atoms with van der Waals surface area (Å²) in [6.45, 7) is 6.33. The van der Waals surface area contributed by atoms with Gasteiger partial charge in [0, 0.05) is 15.9 Å². The molecule has 0 aliphatic carbocycles. The number of anilines is 1. The summed E-state index contributed by atoms with van der Waals surface area (Å²) in [7, 11) is 0. The molecular formula is C19H22BrNOS.